The van der Waals surface area contributed by atoms with Gasteiger partial charge in [-0.1, -0.05) is 23.9 Å². The first kappa shape index (κ1) is 13.0. The molecule has 0 atom stereocenters. The molecule has 0 radical (unpaired) electrons. The largest absolute Gasteiger partial charge is 0.392 e. The second kappa shape index (κ2) is 5.05. The Morgan fingerprint density at radius 3 is 1.89 bits per heavy atom. The first-order valence-corrected chi connectivity index (χ1v) is 6.13. The second-order valence-electron chi connectivity index (χ2n) is 3.87. The Morgan fingerprint density at radius 2 is 1.47 bits per heavy atom. The van der Waals surface area contributed by atoms with E-state index >= 15 is 0 Å². The van der Waals surface area contributed by atoms with Gasteiger partial charge in [0.05, 0.1) is 39.3 Å². The Morgan fingerprint density at radius 1 is 1.00 bits per heavy atom. The molecule has 1 aliphatic rings. The number of nitrogens with two attached hydrogens (primary N) is 2. The lowest BCUT2D eigenvalue weighted by Crippen LogP contribution is -2.18. The van der Waals surface area contributed by atoms with Gasteiger partial charge in [0.15, 0.2) is 0 Å². The zero-order valence-corrected chi connectivity index (χ0v) is 10.5. The maximum absolute atomic E-state index is 13.0. The van der Waals surface area contributed by atoms with Gasteiger partial charge in [0.2, 0.25) is 0 Å². The number of allylic oxidation sites excluding steroid dienone is 2. The maximum Gasteiger partial charge on any atom is 0.123 e. The van der Waals surface area contributed by atoms with E-state index in [1.165, 1.54) is 24.3 Å². The maximum atomic E-state index is 13.0. The lowest BCUT2D eigenvalue weighted by molar-refractivity contribution is 0.627. The summed E-state index contributed by atoms with van der Waals surface area (Å²) < 4.78 is 13.0. The molecule has 0 saturated carbocycles. The lowest BCUT2D eigenvalue weighted by Gasteiger charge is -2.23. The molecule has 0 amide bonds. The van der Waals surface area contributed by atoms with Crippen molar-refractivity contribution < 1.29 is 4.39 Å². The molecule has 4 N–H and O–H groups in total. The lowest BCUT2D eigenvalue weighted by atomic mass is 9.86. The van der Waals surface area contributed by atoms with Crippen LogP contribution in [0.3, 0.4) is 0 Å². The zero-order chi connectivity index (χ0) is 14.0. The molecule has 0 fully saturated rings. The van der Waals surface area contributed by atoms with Gasteiger partial charge in [0.1, 0.15) is 5.82 Å². The van der Waals surface area contributed by atoms with E-state index in [1.807, 2.05) is 12.1 Å². The fourth-order valence-electron chi connectivity index (χ4n) is 1.89. The average Bonchev–Trinajstić information content (AvgIpc) is 2.39. The average molecular weight is 272 g/mol. The highest BCUT2D eigenvalue weighted by molar-refractivity contribution is 8.06. The number of rotatable bonds is 1. The molecule has 1 heterocycles. The van der Waals surface area contributed by atoms with Gasteiger partial charge in [-0.05, 0) is 17.7 Å². The van der Waals surface area contributed by atoms with Crippen LogP contribution in [0.5, 0.6) is 0 Å². The molecule has 1 aromatic carbocycles. The normalized spacial score (nSPS) is 16.2. The van der Waals surface area contributed by atoms with Crippen LogP contribution >= 0.6 is 11.8 Å². The minimum atomic E-state index is -0.628. The number of benzene rings is 1. The van der Waals surface area contributed by atoms with Gasteiger partial charge in [-0.15, -0.1) is 0 Å². The molecule has 2 rings (SSSR count). The highest BCUT2D eigenvalue weighted by Crippen LogP contribution is 2.42. The van der Waals surface area contributed by atoms with Gasteiger partial charge in [0.25, 0.3) is 0 Å². The van der Waals surface area contributed by atoms with Gasteiger partial charge >= 0.3 is 0 Å². The molecule has 19 heavy (non-hydrogen) atoms. The number of halogens is 1. The van der Waals surface area contributed by atoms with Crippen LogP contribution in [0, 0.1) is 28.5 Å². The molecule has 0 bridgehead atoms. The first-order chi connectivity index (χ1) is 9.08. The van der Waals surface area contributed by atoms with E-state index in [-0.39, 0.29) is 27.0 Å². The predicted molar refractivity (Wildman–Crippen MR) is 70.4 cm³/mol. The van der Waals surface area contributed by atoms with E-state index in [0.717, 1.165) is 11.8 Å². The van der Waals surface area contributed by atoms with E-state index in [0.29, 0.717) is 5.56 Å². The molecule has 0 spiro atoms. The molecular formula is C13H9FN4S. The molecule has 6 heteroatoms. The molecule has 0 aliphatic carbocycles. The minimum absolute atomic E-state index is 0.266. The smallest absolute Gasteiger partial charge is 0.123 e. The second-order valence-corrected chi connectivity index (χ2v) is 4.95. The Bertz CT molecular complexity index is 625. The number of hydrogen-bond acceptors (Lipinski definition) is 5. The van der Waals surface area contributed by atoms with Crippen molar-refractivity contribution in [2.24, 2.45) is 11.5 Å². The van der Waals surface area contributed by atoms with E-state index < -0.39 is 5.92 Å². The van der Waals surface area contributed by atoms with Gasteiger partial charge in [0, 0.05) is 0 Å². The number of nitrogens with zero attached hydrogens (tertiary/aromatic N) is 2. The molecule has 1 aliphatic heterocycles. The number of nitriles is 2. The van der Waals surface area contributed by atoms with Gasteiger partial charge in [-0.3, -0.25) is 0 Å². The molecular weight excluding hydrogens is 263 g/mol. The topological polar surface area (TPSA) is 99.6 Å². The predicted octanol–water partition coefficient (Wildman–Crippen LogP) is 2.04. The number of thioether (sulfide) groups is 1. The zero-order valence-electron chi connectivity index (χ0n) is 9.72. The third-order valence-corrected chi connectivity index (χ3v) is 3.65. The Hall–Kier alpha value is -2.44. The molecule has 0 saturated heterocycles. The molecule has 0 unspecified atom stereocenters. The van der Waals surface area contributed by atoms with E-state index in [4.69, 9.17) is 11.5 Å². The van der Waals surface area contributed by atoms with Crippen LogP contribution < -0.4 is 11.5 Å². The van der Waals surface area contributed by atoms with Crippen LogP contribution in [-0.4, -0.2) is 0 Å². The van der Waals surface area contributed by atoms with Gasteiger partial charge in [-0.2, -0.15) is 10.5 Å². The Kier molecular flexibility index (Phi) is 3.46. The number of hydrogen-bond donors (Lipinski definition) is 2. The van der Waals surface area contributed by atoms with Crippen molar-refractivity contribution in [2.45, 2.75) is 5.92 Å². The van der Waals surface area contributed by atoms with Crippen LogP contribution in [0.4, 0.5) is 4.39 Å². The van der Waals surface area contributed by atoms with Crippen LogP contribution in [0.25, 0.3) is 0 Å². The summed E-state index contributed by atoms with van der Waals surface area (Å²) in [5.74, 6) is -1.02. The third kappa shape index (κ3) is 2.26. The summed E-state index contributed by atoms with van der Waals surface area (Å²) >= 11 is 1.00. The van der Waals surface area contributed by atoms with Crippen LogP contribution in [0.1, 0.15) is 11.5 Å². The summed E-state index contributed by atoms with van der Waals surface area (Å²) in [5.41, 5.74) is 12.7. The van der Waals surface area contributed by atoms with Crippen LogP contribution in [-0.2, 0) is 0 Å². The van der Waals surface area contributed by atoms with E-state index in [9.17, 15) is 14.9 Å². The Balaban J connectivity index is 2.61. The molecule has 94 valence electrons. The van der Waals surface area contributed by atoms with Gasteiger partial charge < -0.3 is 11.5 Å². The summed E-state index contributed by atoms with van der Waals surface area (Å²) in [7, 11) is 0. The van der Waals surface area contributed by atoms with Crippen LogP contribution in [0.15, 0.2) is 45.5 Å². The summed E-state index contributed by atoms with van der Waals surface area (Å²) in [4.78, 5) is 0. The summed E-state index contributed by atoms with van der Waals surface area (Å²) in [6.07, 6.45) is 0. The summed E-state index contributed by atoms with van der Waals surface area (Å²) in [5, 5.41) is 18.9. The fraction of sp³-hybridized carbons (Fsp3) is 0.0769. The highest BCUT2D eigenvalue weighted by atomic mass is 32.2. The van der Waals surface area contributed by atoms with E-state index in [1.54, 1.807) is 0 Å². The van der Waals surface area contributed by atoms with Gasteiger partial charge in [-0.25, -0.2) is 4.39 Å². The molecule has 0 aromatic heterocycles. The fourth-order valence-corrected chi connectivity index (χ4v) is 2.67. The quantitative estimate of drug-likeness (QED) is 0.815. The van der Waals surface area contributed by atoms with Crippen molar-refractivity contribution in [1.29, 1.82) is 10.5 Å². The van der Waals surface area contributed by atoms with E-state index in [2.05, 4.69) is 0 Å². The van der Waals surface area contributed by atoms with Crippen molar-refractivity contribution in [3.05, 3.63) is 56.9 Å². The summed E-state index contributed by atoms with van der Waals surface area (Å²) in [6, 6.07) is 9.58. The molecule has 4 nitrogen and oxygen atoms in total. The highest BCUT2D eigenvalue weighted by Gasteiger charge is 2.30. The SMILES string of the molecule is N#CC1=C(N)SC(N)=C(C#N)C1c1ccc(F)cc1. The minimum Gasteiger partial charge on any atom is -0.392 e. The third-order valence-electron chi connectivity index (χ3n) is 2.77. The van der Waals surface area contributed by atoms with Crippen LogP contribution in [0.2, 0.25) is 0 Å². The van der Waals surface area contributed by atoms with Crippen molar-refractivity contribution in [1.82, 2.24) is 0 Å². The monoisotopic (exact) mass is 272 g/mol. The van der Waals surface area contributed by atoms with Crippen molar-refractivity contribution >= 4 is 11.8 Å². The summed E-state index contributed by atoms with van der Waals surface area (Å²) in [6.45, 7) is 0. The van der Waals surface area contributed by atoms with Crippen molar-refractivity contribution in [2.75, 3.05) is 0 Å². The van der Waals surface area contributed by atoms with Crippen molar-refractivity contribution in [3.8, 4) is 12.1 Å². The van der Waals surface area contributed by atoms with Crippen molar-refractivity contribution in [3.63, 3.8) is 0 Å². The molecule has 1 aromatic rings. The Labute approximate surface area is 113 Å². The standard InChI is InChI=1S/C13H9FN4S/c14-8-3-1-7(2-4-8)11-9(5-15)12(17)19-13(18)10(11)6-16/h1-4,11H,17-18H2. The first-order valence-electron chi connectivity index (χ1n) is 5.31.